The summed E-state index contributed by atoms with van der Waals surface area (Å²) in [7, 11) is -1.44. The van der Waals surface area contributed by atoms with E-state index >= 15 is 0 Å². The SMILES string of the molecule is CC1CN(S(C)(=O)=O)CCN1Cc1cc2c(=O)n(C)ccc2o1. The zero-order chi connectivity index (χ0) is 16.8. The number of pyridine rings is 1. The molecule has 2 aromatic heterocycles. The van der Waals surface area contributed by atoms with Gasteiger partial charge in [-0.3, -0.25) is 9.69 Å². The Morgan fingerprint density at radius 3 is 2.74 bits per heavy atom. The molecule has 1 saturated heterocycles. The Bertz CT molecular complexity index is 884. The van der Waals surface area contributed by atoms with Crippen molar-refractivity contribution in [2.75, 3.05) is 25.9 Å². The summed E-state index contributed by atoms with van der Waals surface area (Å²) in [6, 6.07) is 3.66. The van der Waals surface area contributed by atoms with Crippen molar-refractivity contribution in [1.82, 2.24) is 13.8 Å². The minimum atomic E-state index is -3.15. The molecule has 8 heteroatoms. The number of piperazine rings is 1. The van der Waals surface area contributed by atoms with E-state index in [-0.39, 0.29) is 11.6 Å². The van der Waals surface area contributed by atoms with Crippen LogP contribution < -0.4 is 5.56 Å². The van der Waals surface area contributed by atoms with Gasteiger partial charge in [-0.25, -0.2) is 8.42 Å². The van der Waals surface area contributed by atoms with Crippen LogP contribution >= 0.6 is 0 Å². The Labute approximate surface area is 135 Å². The molecule has 0 aromatic carbocycles. The Hall–Kier alpha value is -1.64. The highest BCUT2D eigenvalue weighted by Crippen LogP contribution is 2.20. The molecular weight excluding hydrogens is 318 g/mol. The second-order valence-electron chi connectivity index (χ2n) is 6.16. The number of fused-ring (bicyclic) bond motifs is 1. The molecule has 1 aliphatic heterocycles. The first-order valence-corrected chi connectivity index (χ1v) is 9.38. The van der Waals surface area contributed by atoms with Gasteiger partial charge >= 0.3 is 0 Å². The molecule has 1 unspecified atom stereocenters. The lowest BCUT2D eigenvalue weighted by molar-refractivity contribution is 0.115. The fourth-order valence-electron chi connectivity index (χ4n) is 2.96. The van der Waals surface area contributed by atoms with E-state index in [1.807, 2.05) is 6.92 Å². The van der Waals surface area contributed by atoms with Crippen LogP contribution in [-0.4, -0.2) is 54.1 Å². The number of furan rings is 1. The molecule has 1 aliphatic rings. The highest BCUT2D eigenvalue weighted by molar-refractivity contribution is 7.88. The lowest BCUT2D eigenvalue weighted by atomic mass is 10.2. The van der Waals surface area contributed by atoms with Gasteiger partial charge in [-0.05, 0) is 19.1 Å². The van der Waals surface area contributed by atoms with Crippen LogP contribution in [0.1, 0.15) is 12.7 Å². The fraction of sp³-hybridized carbons (Fsp3) is 0.533. The van der Waals surface area contributed by atoms with E-state index < -0.39 is 10.0 Å². The van der Waals surface area contributed by atoms with Crippen LogP contribution in [0.5, 0.6) is 0 Å². The number of sulfonamides is 1. The number of aryl methyl sites for hydroxylation is 1. The predicted octanol–water partition coefficient (Wildman–Crippen LogP) is 0.597. The first kappa shape index (κ1) is 16.2. The zero-order valence-electron chi connectivity index (χ0n) is 13.5. The lowest BCUT2D eigenvalue weighted by Gasteiger charge is -2.38. The second kappa shape index (κ2) is 5.77. The van der Waals surface area contributed by atoms with E-state index in [0.717, 1.165) is 5.76 Å². The standard InChI is InChI=1S/C15H21N3O4S/c1-11-9-18(23(3,20)21)7-6-17(11)10-12-8-13-14(22-12)4-5-16(2)15(13)19/h4-5,8,11H,6-7,9-10H2,1-3H3. The third-order valence-electron chi connectivity index (χ3n) is 4.37. The summed E-state index contributed by atoms with van der Waals surface area (Å²) in [5.41, 5.74) is 0.512. The molecule has 0 aliphatic carbocycles. The molecule has 23 heavy (non-hydrogen) atoms. The van der Waals surface area contributed by atoms with Crippen LogP contribution in [0.4, 0.5) is 0 Å². The summed E-state index contributed by atoms with van der Waals surface area (Å²) in [5.74, 6) is 0.725. The molecule has 0 bridgehead atoms. The molecule has 1 atom stereocenters. The van der Waals surface area contributed by atoms with Crippen molar-refractivity contribution in [3.05, 3.63) is 34.4 Å². The highest BCUT2D eigenvalue weighted by atomic mass is 32.2. The van der Waals surface area contributed by atoms with Crippen molar-refractivity contribution in [1.29, 1.82) is 0 Å². The van der Waals surface area contributed by atoms with E-state index in [1.165, 1.54) is 15.1 Å². The summed E-state index contributed by atoms with van der Waals surface area (Å²) in [6.45, 7) is 4.16. The normalized spacial score (nSPS) is 21.1. The largest absolute Gasteiger partial charge is 0.459 e. The Morgan fingerprint density at radius 1 is 1.35 bits per heavy atom. The zero-order valence-corrected chi connectivity index (χ0v) is 14.3. The van der Waals surface area contributed by atoms with Gasteiger partial charge in [0.1, 0.15) is 11.3 Å². The van der Waals surface area contributed by atoms with Crippen molar-refractivity contribution < 1.29 is 12.8 Å². The molecular formula is C15H21N3O4S. The van der Waals surface area contributed by atoms with Crippen LogP contribution in [-0.2, 0) is 23.6 Å². The molecule has 1 fully saturated rings. The van der Waals surface area contributed by atoms with Gasteiger partial charge in [0.05, 0.1) is 18.2 Å². The molecule has 0 spiro atoms. The number of hydrogen-bond acceptors (Lipinski definition) is 5. The van der Waals surface area contributed by atoms with Crippen molar-refractivity contribution in [3.63, 3.8) is 0 Å². The van der Waals surface area contributed by atoms with Gasteiger partial charge in [-0.1, -0.05) is 0 Å². The first-order chi connectivity index (χ1) is 10.8. The Kier molecular flexibility index (Phi) is 4.07. The van der Waals surface area contributed by atoms with Gasteiger partial charge in [0.25, 0.3) is 5.56 Å². The molecule has 0 saturated carbocycles. The minimum absolute atomic E-state index is 0.0764. The molecule has 126 valence electrons. The van der Waals surface area contributed by atoms with Crippen LogP contribution in [0.2, 0.25) is 0 Å². The summed E-state index contributed by atoms with van der Waals surface area (Å²) in [5, 5.41) is 0.576. The predicted molar refractivity (Wildman–Crippen MR) is 87.7 cm³/mol. The van der Waals surface area contributed by atoms with Gasteiger partial charge in [-0.2, -0.15) is 4.31 Å². The topological polar surface area (TPSA) is 75.8 Å². The monoisotopic (exact) mass is 339 g/mol. The van der Waals surface area contributed by atoms with E-state index in [0.29, 0.717) is 37.1 Å². The molecule has 0 amide bonds. The van der Waals surface area contributed by atoms with E-state index in [9.17, 15) is 13.2 Å². The van der Waals surface area contributed by atoms with Gasteiger partial charge in [0, 0.05) is 38.9 Å². The Balaban J connectivity index is 1.78. The first-order valence-electron chi connectivity index (χ1n) is 7.53. The van der Waals surface area contributed by atoms with Crippen LogP contribution in [0, 0.1) is 0 Å². The fourth-order valence-corrected chi connectivity index (χ4v) is 3.86. The molecule has 3 rings (SSSR count). The number of aromatic nitrogens is 1. The van der Waals surface area contributed by atoms with Crippen LogP contribution in [0.25, 0.3) is 11.0 Å². The molecule has 3 heterocycles. The van der Waals surface area contributed by atoms with E-state index in [1.54, 1.807) is 25.4 Å². The number of hydrogen-bond donors (Lipinski definition) is 0. The van der Waals surface area contributed by atoms with Crippen molar-refractivity contribution in [2.24, 2.45) is 7.05 Å². The third kappa shape index (κ3) is 3.19. The van der Waals surface area contributed by atoms with Gasteiger partial charge in [0.15, 0.2) is 0 Å². The van der Waals surface area contributed by atoms with Gasteiger partial charge in [0.2, 0.25) is 10.0 Å². The third-order valence-corrected chi connectivity index (χ3v) is 5.64. The lowest BCUT2D eigenvalue weighted by Crippen LogP contribution is -2.52. The Morgan fingerprint density at radius 2 is 2.09 bits per heavy atom. The number of rotatable bonds is 3. The number of nitrogens with zero attached hydrogens (tertiary/aromatic N) is 3. The molecule has 0 radical (unpaired) electrons. The quantitative estimate of drug-likeness (QED) is 0.818. The smallest absolute Gasteiger partial charge is 0.261 e. The second-order valence-corrected chi connectivity index (χ2v) is 8.15. The summed E-state index contributed by atoms with van der Waals surface area (Å²) < 4.78 is 32.1. The van der Waals surface area contributed by atoms with Gasteiger partial charge in [-0.15, -0.1) is 0 Å². The molecule has 7 nitrogen and oxygen atoms in total. The minimum Gasteiger partial charge on any atom is -0.459 e. The average Bonchev–Trinajstić information content (AvgIpc) is 2.88. The molecule has 2 aromatic rings. The average molecular weight is 339 g/mol. The maximum absolute atomic E-state index is 12.1. The van der Waals surface area contributed by atoms with Gasteiger partial charge < -0.3 is 8.98 Å². The highest BCUT2D eigenvalue weighted by Gasteiger charge is 2.29. The van der Waals surface area contributed by atoms with Crippen molar-refractivity contribution in [2.45, 2.75) is 19.5 Å². The van der Waals surface area contributed by atoms with Crippen LogP contribution in [0.15, 0.2) is 27.5 Å². The van der Waals surface area contributed by atoms with E-state index in [2.05, 4.69) is 4.90 Å². The van der Waals surface area contributed by atoms with Crippen molar-refractivity contribution >= 4 is 21.0 Å². The van der Waals surface area contributed by atoms with E-state index in [4.69, 9.17) is 4.42 Å². The maximum atomic E-state index is 12.1. The van der Waals surface area contributed by atoms with Crippen LogP contribution in [0.3, 0.4) is 0 Å². The summed E-state index contributed by atoms with van der Waals surface area (Å²) in [6.07, 6.45) is 2.93. The summed E-state index contributed by atoms with van der Waals surface area (Å²) >= 11 is 0. The summed E-state index contributed by atoms with van der Waals surface area (Å²) in [4.78, 5) is 14.2. The maximum Gasteiger partial charge on any atom is 0.261 e. The van der Waals surface area contributed by atoms with Crippen molar-refractivity contribution in [3.8, 4) is 0 Å². The molecule has 0 N–H and O–H groups in total.